The van der Waals surface area contributed by atoms with Gasteiger partial charge in [0.05, 0.1) is 6.54 Å². The molecule has 2 aromatic rings. The number of benzene rings is 1. The van der Waals surface area contributed by atoms with Crippen LogP contribution < -0.4 is 5.32 Å². The van der Waals surface area contributed by atoms with Crippen LogP contribution in [0.25, 0.3) is 10.9 Å². The first-order valence-corrected chi connectivity index (χ1v) is 5.89. The molecular weight excluding hydrogens is 208 g/mol. The summed E-state index contributed by atoms with van der Waals surface area (Å²) in [5.41, 5.74) is 3.99. The fraction of sp³-hybridized carbons (Fsp3) is 0.333. The number of nitrogens with one attached hydrogen (secondary N) is 1. The number of hydrogen-bond acceptors (Lipinski definition) is 1. The Morgan fingerprint density at radius 3 is 2.76 bits per heavy atom. The van der Waals surface area contributed by atoms with Crippen molar-refractivity contribution in [2.45, 2.75) is 20.4 Å². The molecule has 0 saturated carbocycles. The minimum Gasteiger partial charge on any atom is -0.346 e. The van der Waals surface area contributed by atoms with Gasteiger partial charge in [-0.05, 0) is 25.5 Å². The molecule has 17 heavy (non-hydrogen) atoms. The maximum absolute atomic E-state index is 3.35. The molecule has 2 rings (SSSR count). The molecule has 1 heterocycles. The largest absolute Gasteiger partial charge is 0.346 e. The molecule has 0 spiro atoms. The standard InChI is InChI=1S/C15H18N2/c1-4-5-10-16-11-15-12(2)13-8-6-7-9-14(13)17(15)3/h6-9,16H,10-11H2,1-3H3. The Morgan fingerprint density at radius 1 is 1.29 bits per heavy atom. The molecule has 0 aliphatic carbocycles. The maximum atomic E-state index is 3.35. The molecule has 88 valence electrons. The van der Waals surface area contributed by atoms with Crippen LogP contribution in [0.4, 0.5) is 0 Å². The van der Waals surface area contributed by atoms with E-state index in [1.54, 1.807) is 0 Å². The molecule has 1 aromatic heterocycles. The van der Waals surface area contributed by atoms with Crippen LogP contribution in [0.5, 0.6) is 0 Å². The van der Waals surface area contributed by atoms with Crippen molar-refractivity contribution in [2.24, 2.45) is 7.05 Å². The zero-order chi connectivity index (χ0) is 12.3. The number of rotatable bonds is 3. The maximum Gasteiger partial charge on any atom is 0.0579 e. The summed E-state index contributed by atoms with van der Waals surface area (Å²) >= 11 is 0. The van der Waals surface area contributed by atoms with Crippen molar-refractivity contribution < 1.29 is 0 Å². The van der Waals surface area contributed by atoms with Gasteiger partial charge in [-0.2, -0.15) is 0 Å². The van der Waals surface area contributed by atoms with Crippen molar-refractivity contribution in [1.29, 1.82) is 0 Å². The molecule has 0 aliphatic rings. The average molecular weight is 226 g/mol. The van der Waals surface area contributed by atoms with E-state index in [9.17, 15) is 0 Å². The van der Waals surface area contributed by atoms with Crippen LogP contribution >= 0.6 is 0 Å². The molecule has 0 saturated heterocycles. The van der Waals surface area contributed by atoms with Gasteiger partial charge in [-0.1, -0.05) is 24.1 Å². The smallest absolute Gasteiger partial charge is 0.0579 e. The highest BCUT2D eigenvalue weighted by molar-refractivity contribution is 5.85. The fourth-order valence-electron chi connectivity index (χ4n) is 2.22. The van der Waals surface area contributed by atoms with E-state index in [-0.39, 0.29) is 0 Å². The zero-order valence-corrected chi connectivity index (χ0v) is 10.7. The average Bonchev–Trinajstić information content (AvgIpc) is 2.60. The molecule has 0 amide bonds. The number of para-hydroxylation sites is 1. The van der Waals surface area contributed by atoms with Crippen molar-refractivity contribution in [3.05, 3.63) is 35.5 Å². The van der Waals surface area contributed by atoms with Crippen molar-refractivity contribution in [1.82, 2.24) is 9.88 Å². The van der Waals surface area contributed by atoms with Crippen molar-refractivity contribution >= 4 is 10.9 Å². The predicted molar refractivity (Wildman–Crippen MR) is 72.8 cm³/mol. The number of hydrogen-bond donors (Lipinski definition) is 1. The van der Waals surface area contributed by atoms with E-state index < -0.39 is 0 Å². The predicted octanol–water partition coefficient (Wildman–Crippen LogP) is 2.60. The minimum absolute atomic E-state index is 0.747. The van der Waals surface area contributed by atoms with Crippen LogP contribution in [0.1, 0.15) is 18.2 Å². The zero-order valence-electron chi connectivity index (χ0n) is 10.7. The van der Waals surface area contributed by atoms with Gasteiger partial charge in [-0.3, -0.25) is 0 Å². The van der Waals surface area contributed by atoms with Crippen LogP contribution in [0.15, 0.2) is 24.3 Å². The molecular formula is C15H18N2. The molecule has 2 heteroatoms. The summed E-state index contributed by atoms with van der Waals surface area (Å²) in [5, 5.41) is 4.69. The number of aromatic nitrogens is 1. The lowest BCUT2D eigenvalue weighted by atomic mass is 10.1. The Labute approximate surface area is 103 Å². The third-order valence-corrected chi connectivity index (χ3v) is 3.19. The molecule has 0 aliphatic heterocycles. The van der Waals surface area contributed by atoms with E-state index in [2.05, 4.69) is 60.0 Å². The molecule has 0 bridgehead atoms. The van der Waals surface area contributed by atoms with Gasteiger partial charge in [0.25, 0.3) is 0 Å². The summed E-state index contributed by atoms with van der Waals surface area (Å²) in [6.07, 6.45) is 0. The molecule has 1 aromatic carbocycles. The number of nitrogens with zero attached hydrogens (tertiary/aromatic N) is 1. The summed E-state index contributed by atoms with van der Waals surface area (Å²) in [5.74, 6) is 5.91. The monoisotopic (exact) mass is 226 g/mol. The van der Waals surface area contributed by atoms with Gasteiger partial charge >= 0.3 is 0 Å². The second kappa shape index (κ2) is 5.07. The van der Waals surface area contributed by atoms with Gasteiger partial charge in [0, 0.05) is 30.2 Å². The Bertz CT molecular complexity index is 543. The van der Waals surface area contributed by atoms with E-state index in [0.717, 1.165) is 13.1 Å². The van der Waals surface area contributed by atoms with Crippen molar-refractivity contribution in [2.75, 3.05) is 6.54 Å². The summed E-state index contributed by atoms with van der Waals surface area (Å²) in [6, 6.07) is 8.52. The number of aryl methyl sites for hydroxylation is 2. The SMILES string of the molecule is CC#CCNCc1c(C)c2ccccc2n1C. The van der Waals surface area contributed by atoms with Crippen LogP contribution in [-0.4, -0.2) is 11.1 Å². The second-order valence-corrected chi connectivity index (χ2v) is 4.18. The fourth-order valence-corrected chi connectivity index (χ4v) is 2.22. The van der Waals surface area contributed by atoms with Gasteiger partial charge in [0.2, 0.25) is 0 Å². The summed E-state index contributed by atoms with van der Waals surface area (Å²) < 4.78 is 2.26. The first kappa shape index (κ1) is 11.8. The van der Waals surface area contributed by atoms with Crippen LogP contribution in [0, 0.1) is 18.8 Å². The molecule has 2 nitrogen and oxygen atoms in total. The summed E-state index contributed by atoms with van der Waals surface area (Å²) in [7, 11) is 2.12. The Hall–Kier alpha value is -1.72. The first-order chi connectivity index (χ1) is 8.25. The topological polar surface area (TPSA) is 17.0 Å². The van der Waals surface area contributed by atoms with Gasteiger partial charge in [0.15, 0.2) is 0 Å². The summed E-state index contributed by atoms with van der Waals surface area (Å²) in [4.78, 5) is 0. The quantitative estimate of drug-likeness (QED) is 0.629. The molecule has 0 atom stereocenters. The molecule has 0 unspecified atom stereocenters. The Kier molecular flexibility index (Phi) is 3.51. The van der Waals surface area contributed by atoms with E-state index >= 15 is 0 Å². The van der Waals surface area contributed by atoms with E-state index in [4.69, 9.17) is 0 Å². The van der Waals surface area contributed by atoms with E-state index in [1.165, 1.54) is 22.2 Å². The third-order valence-electron chi connectivity index (χ3n) is 3.19. The lowest BCUT2D eigenvalue weighted by molar-refractivity contribution is 0.710. The highest BCUT2D eigenvalue weighted by Crippen LogP contribution is 2.23. The highest BCUT2D eigenvalue weighted by atomic mass is 15.0. The lowest BCUT2D eigenvalue weighted by Gasteiger charge is -2.05. The minimum atomic E-state index is 0.747. The first-order valence-electron chi connectivity index (χ1n) is 5.89. The number of fused-ring (bicyclic) bond motifs is 1. The van der Waals surface area contributed by atoms with Crippen molar-refractivity contribution in [3.63, 3.8) is 0 Å². The Morgan fingerprint density at radius 2 is 2.06 bits per heavy atom. The molecule has 1 N–H and O–H groups in total. The van der Waals surface area contributed by atoms with E-state index in [1.807, 2.05) is 6.92 Å². The van der Waals surface area contributed by atoms with Crippen LogP contribution in [0.2, 0.25) is 0 Å². The van der Waals surface area contributed by atoms with E-state index in [0.29, 0.717) is 0 Å². The van der Waals surface area contributed by atoms with Crippen molar-refractivity contribution in [3.8, 4) is 11.8 Å². The highest BCUT2D eigenvalue weighted by Gasteiger charge is 2.09. The molecule has 0 radical (unpaired) electrons. The van der Waals surface area contributed by atoms with Crippen LogP contribution in [-0.2, 0) is 13.6 Å². The van der Waals surface area contributed by atoms with Crippen LogP contribution in [0.3, 0.4) is 0 Å². The third kappa shape index (κ3) is 2.20. The molecule has 0 fully saturated rings. The lowest BCUT2D eigenvalue weighted by Crippen LogP contribution is -2.16. The second-order valence-electron chi connectivity index (χ2n) is 4.18. The Balaban J connectivity index is 2.29. The van der Waals surface area contributed by atoms with Gasteiger partial charge < -0.3 is 9.88 Å². The van der Waals surface area contributed by atoms with Gasteiger partial charge in [-0.15, -0.1) is 5.92 Å². The normalized spacial score (nSPS) is 10.3. The summed E-state index contributed by atoms with van der Waals surface area (Å²) in [6.45, 7) is 5.66. The van der Waals surface area contributed by atoms with Gasteiger partial charge in [0.1, 0.15) is 0 Å². The van der Waals surface area contributed by atoms with Gasteiger partial charge in [-0.25, -0.2) is 0 Å².